The van der Waals surface area contributed by atoms with Gasteiger partial charge in [-0.1, -0.05) is 45.0 Å². The molecule has 1 aliphatic rings. The quantitative estimate of drug-likeness (QED) is 0.632. The number of carbonyl (C=O) groups excluding carboxylic acids is 1. The zero-order valence-corrected chi connectivity index (χ0v) is 17.0. The van der Waals surface area contributed by atoms with Crippen molar-refractivity contribution in [3.05, 3.63) is 59.4 Å². The van der Waals surface area contributed by atoms with Crippen LogP contribution < -0.4 is 4.90 Å². The Bertz CT molecular complexity index is 976. The molecule has 5 heteroatoms. The molecule has 1 aromatic carbocycles. The van der Waals surface area contributed by atoms with Crippen LogP contribution in [0.15, 0.2) is 42.6 Å². The molecule has 3 aromatic rings. The number of ketones is 1. The largest absolute Gasteiger partial charge is 0.356 e. The summed E-state index contributed by atoms with van der Waals surface area (Å²) in [7, 11) is 0. The smallest absolute Gasteiger partial charge is 0.168 e. The fourth-order valence-electron chi connectivity index (χ4n) is 3.81. The number of Topliss-reactive ketones (excluding diaryl/α,β-unsaturated/α-hetero) is 1. The number of hydrogen-bond acceptors (Lipinski definition) is 4. The zero-order chi connectivity index (χ0) is 19.7. The van der Waals surface area contributed by atoms with E-state index in [9.17, 15) is 4.79 Å². The summed E-state index contributed by atoms with van der Waals surface area (Å²) in [5.74, 6) is 1.14. The second-order valence-electron chi connectivity index (χ2n) is 8.68. The van der Waals surface area contributed by atoms with Crippen LogP contribution in [-0.4, -0.2) is 33.5 Å². The highest BCUT2D eigenvalue weighted by Gasteiger charge is 2.18. The second-order valence-corrected chi connectivity index (χ2v) is 8.68. The first-order chi connectivity index (χ1) is 13.4. The van der Waals surface area contributed by atoms with E-state index in [1.165, 1.54) is 24.8 Å². The maximum absolute atomic E-state index is 12.9. The number of hydrogen-bond donors (Lipinski definition) is 0. The van der Waals surface area contributed by atoms with Gasteiger partial charge in [0.1, 0.15) is 5.82 Å². The summed E-state index contributed by atoms with van der Waals surface area (Å²) in [5, 5.41) is 4.43. The molecule has 5 nitrogen and oxygen atoms in total. The summed E-state index contributed by atoms with van der Waals surface area (Å²) >= 11 is 0. The lowest BCUT2D eigenvalue weighted by molar-refractivity contribution is 0.0992. The molecule has 28 heavy (non-hydrogen) atoms. The lowest BCUT2D eigenvalue weighted by atomic mass is 9.86. The van der Waals surface area contributed by atoms with Gasteiger partial charge in [-0.2, -0.15) is 9.61 Å². The van der Waals surface area contributed by atoms with Crippen molar-refractivity contribution in [1.29, 1.82) is 0 Å². The molecule has 4 rings (SSSR count). The monoisotopic (exact) mass is 376 g/mol. The van der Waals surface area contributed by atoms with Crippen molar-refractivity contribution in [3.63, 3.8) is 0 Å². The predicted octanol–water partition coefficient (Wildman–Crippen LogP) is 4.44. The van der Waals surface area contributed by atoms with Crippen LogP contribution in [0.2, 0.25) is 0 Å². The van der Waals surface area contributed by atoms with E-state index in [0.29, 0.717) is 6.42 Å². The molecular formula is C23H28N4O. The molecule has 1 saturated heterocycles. The number of aromatic nitrogens is 3. The fraction of sp³-hybridized carbons (Fsp3) is 0.435. The highest BCUT2D eigenvalue weighted by molar-refractivity contribution is 5.97. The zero-order valence-electron chi connectivity index (χ0n) is 17.0. The van der Waals surface area contributed by atoms with E-state index in [2.05, 4.69) is 47.9 Å². The van der Waals surface area contributed by atoms with Crippen LogP contribution in [-0.2, 0) is 11.8 Å². The van der Waals surface area contributed by atoms with Crippen LogP contribution in [0.25, 0.3) is 5.65 Å². The summed E-state index contributed by atoms with van der Waals surface area (Å²) in [6.07, 6.45) is 5.74. The molecule has 0 N–H and O–H groups in total. The van der Waals surface area contributed by atoms with Gasteiger partial charge in [-0.15, -0.1) is 0 Å². The van der Waals surface area contributed by atoms with Crippen molar-refractivity contribution in [2.45, 2.75) is 51.9 Å². The third kappa shape index (κ3) is 3.79. The molecule has 0 radical (unpaired) electrons. The minimum absolute atomic E-state index is 0.0829. The first kappa shape index (κ1) is 18.7. The van der Waals surface area contributed by atoms with Gasteiger partial charge in [-0.3, -0.25) is 4.79 Å². The van der Waals surface area contributed by atoms with Crippen LogP contribution >= 0.6 is 0 Å². The Labute approximate surface area is 166 Å². The Balaban J connectivity index is 1.59. The van der Waals surface area contributed by atoms with Gasteiger partial charge in [-0.25, -0.2) is 4.98 Å². The minimum atomic E-state index is 0.0829. The van der Waals surface area contributed by atoms with E-state index >= 15 is 0 Å². The predicted molar refractivity (Wildman–Crippen MR) is 112 cm³/mol. The molecule has 3 heterocycles. The van der Waals surface area contributed by atoms with E-state index in [1.54, 1.807) is 6.20 Å². The standard InChI is InChI=1S/C23H28N4O/c1-23(2,3)18-9-7-17(8-10-18)20(28)15-19-16-22(26-13-5-4-6-14-26)27-21(25-19)11-12-24-27/h7-12,16H,4-6,13-15H2,1-3H3. The maximum Gasteiger partial charge on any atom is 0.168 e. The fourth-order valence-corrected chi connectivity index (χ4v) is 3.81. The third-order valence-corrected chi connectivity index (χ3v) is 5.49. The van der Waals surface area contributed by atoms with E-state index in [4.69, 9.17) is 0 Å². The molecular weight excluding hydrogens is 348 g/mol. The van der Waals surface area contributed by atoms with E-state index < -0.39 is 0 Å². The first-order valence-electron chi connectivity index (χ1n) is 10.1. The molecule has 0 bridgehead atoms. The summed E-state index contributed by atoms with van der Waals surface area (Å²) in [5.41, 5.74) is 3.66. The van der Waals surface area contributed by atoms with Gasteiger partial charge in [0.2, 0.25) is 0 Å². The second kappa shape index (κ2) is 7.38. The van der Waals surface area contributed by atoms with Gasteiger partial charge in [0, 0.05) is 30.8 Å². The lowest BCUT2D eigenvalue weighted by Gasteiger charge is -2.29. The number of fused-ring (bicyclic) bond motifs is 1. The van der Waals surface area contributed by atoms with Crippen LogP contribution in [0.3, 0.4) is 0 Å². The van der Waals surface area contributed by atoms with Crippen molar-refractivity contribution < 1.29 is 4.79 Å². The number of nitrogens with zero attached hydrogens (tertiary/aromatic N) is 4. The molecule has 1 aliphatic heterocycles. The van der Waals surface area contributed by atoms with E-state index in [-0.39, 0.29) is 11.2 Å². The van der Waals surface area contributed by atoms with Gasteiger partial charge in [-0.05, 0) is 30.2 Å². The van der Waals surface area contributed by atoms with Crippen LogP contribution in [0.4, 0.5) is 5.82 Å². The average molecular weight is 377 g/mol. The highest BCUT2D eigenvalue weighted by atomic mass is 16.1. The third-order valence-electron chi connectivity index (χ3n) is 5.49. The molecule has 0 aliphatic carbocycles. The van der Waals surface area contributed by atoms with E-state index in [0.717, 1.165) is 35.8 Å². The molecule has 0 atom stereocenters. The topological polar surface area (TPSA) is 50.5 Å². The summed E-state index contributed by atoms with van der Waals surface area (Å²) < 4.78 is 1.89. The van der Waals surface area contributed by atoms with Crippen molar-refractivity contribution >= 4 is 17.2 Å². The molecule has 0 spiro atoms. The van der Waals surface area contributed by atoms with Crippen molar-refractivity contribution in [1.82, 2.24) is 14.6 Å². The van der Waals surface area contributed by atoms with Gasteiger partial charge in [0.25, 0.3) is 0 Å². The van der Waals surface area contributed by atoms with Gasteiger partial charge in [0.15, 0.2) is 11.4 Å². The summed E-state index contributed by atoms with van der Waals surface area (Å²) in [4.78, 5) is 19.9. The molecule has 0 saturated carbocycles. The Morgan fingerprint density at radius 3 is 2.43 bits per heavy atom. The van der Waals surface area contributed by atoms with Crippen LogP contribution in [0.5, 0.6) is 0 Å². The Morgan fingerprint density at radius 1 is 1.04 bits per heavy atom. The average Bonchev–Trinajstić information content (AvgIpc) is 3.16. The number of piperidine rings is 1. The molecule has 0 unspecified atom stereocenters. The number of rotatable bonds is 4. The SMILES string of the molecule is CC(C)(C)c1ccc(C(=O)Cc2cc(N3CCCCC3)n3nccc3n2)cc1. The number of anilines is 1. The van der Waals surface area contributed by atoms with Gasteiger partial charge in [0.05, 0.1) is 18.3 Å². The molecule has 1 fully saturated rings. The minimum Gasteiger partial charge on any atom is -0.356 e. The van der Waals surface area contributed by atoms with Gasteiger partial charge < -0.3 is 4.90 Å². The van der Waals surface area contributed by atoms with Crippen LogP contribution in [0.1, 0.15) is 61.6 Å². The summed E-state index contributed by atoms with van der Waals surface area (Å²) in [6.45, 7) is 8.59. The van der Waals surface area contributed by atoms with E-state index in [1.807, 2.05) is 28.8 Å². The number of carbonyl (C=O) groups is 1. The van der Waals surface area contributed by atoms with Crippen molar-refractivity contribution in [2.24, 2.45) is 0 Å². The normalized spacial score (nSPS) is 15.2. The number of benzene rings is 1. The molecule has 146 valence electrons. The lowest BCUT2D eigenvalue weighted by Crippen LogP contribution is -2.31. The summed E-state index contributed by atoms with van der Waals surface area (Å²) in [6, 6.07) is 11.9. The van der Waals surface area contributed by atoms with Crippen LogP contribution in [0, 0.1) is 0 Å². The molecule has 2 aromatic heterocycles. The Hall–Kier alpha value is -2.69. The molecule has 0 amide bonds. The van der Waals surface area contributed by atoms with Gasteiger partial charge >= 0.3 is 0 Å². The Kier molecular flexibility index (Phi) is 4.92. The van der Waals surface area contributed by atoms with Crippen molar-refractivity contribution in [2.75, 3.05) is 18.0 Å². The maximum atomic E-state index is 12.9. The van der Waals surface area contributed by atoms with Crippen molar-refractivity contribution in [3.8, 4) is 0 Å². The first-order valence-corrected chi connectivity index (χ1v) is 10.1. The highest BCUT2D eigenvalue weighted by Crippen LogP contribution is 2.24. The Morgan fingerprint density at radius 2 is 1.75 bits per heavy atom.